The highest BCUT2D eigenvalue weighted by Gasteiger charge is 2.47. The Morgan fingerprint density at radius 1 is 1.45 bits per heavy atom. The molecule has 0 aliphatic rings. The van der Waals surface area contributed by atoms with E-state index in [4.69, 9.17) is 16.3 Å². The Morgan fingerprint density at radius 3 is 2.68 bits per heavy atom. The maximum absolute atomic E-state index is 11.8. The summed E-state index contributed by atoms with van der Waals surface area (Å²) in [6.45, 7) is 1.24. The van der Waals surface area contributed by atoms with Crippen LogP contribution in [0.5, 0.6) is 5.75 Å². The van der Waals surface area contributed by atoms with Gasteiger partial charge < -0.3 is 14.5 Å². The van der Waals surface area contributed by atoms with E-state index in [0.717, 1.165) is 7.11 Å². The molecule has 0 fully saturated rings. The molecule has 0 aliphatic heterocycles. The molecule has 1 heterocycles. The third kappa shape index (κ3) is 2.59. The first-order valence-corrected chi connectivity index (χ1v) is 6.77. The van der Waals surface area contributed by atoms with E-state index in [2.05, 4.69) is 9.72 Å². The molecule has 118 valence electrons. The molecule has 1 atom stereocenters. The Bertz CT molecular complexity index is 742. The van der Waals surface area contributed by atoms with Crippen molar-refractivity contribution in [2.24, 2.45) is 0 Å². The molecule has 7 nitrogen and oxygen atoms in total. The van der Waals surface area contributed by atoms with E-state index in [0.29, 0.717) is 27.2 Å². The van der Waals surface area contributed by atoms with Crippen LogP contribution in [0.4, 0.5) is 0 Å². The second kappa shape index (κ2) is 5.84. The average Bonchev–Trinajstić information content (AvgIpc) is 2.86. The van der Waals surface area contributed by atoms with E-state index in [1.807, 2.05) is 0 Å². The molecule has 0 saturated carbocycles. The first-order chi connectivity index (χ1) is 10.3. The van der Waals surface area contributed by atoms with Crippen LogP contribution in [0.3, 0.4) is 0 Å². The number of methoxy groups -OCH3 is 2. The number of carbonyl (C=O) groups excluding carboxylic acids is 1. The Balaban J connectivity index is 2.51. The lowest BCUT2D eigenvalue weighted by molar-refractivity contribution is -0.550. The van der Waals surface area contributed by atoms with E-state index >= 15 is 0 Å². The van der Waals surface area contributed by atoms with Crippen molar-refractivity contribution in [1.82, 2.24) is 4.98 Å². The van der Waals surface area contributed by atoms with Gasteiger partial charge in [-0.15, -0.1) is 0 Å². The van der Waals surface area contributed by atoms with Crippen LogP contribution in [0.2, 0.25) is 5.02 Å². The van der Waals surface area contributed by atoms with E-state index in [9.17, 15) is 14.9 Å². The van der Waals surface area contributed by atoms with Gasteiger partial charge in [0.2, 0.25) is 0 Å². The maximum atomic E-state index is 11.8. The molecular formula is C14H15ClN2O5. The highest BCUT2D eigenvalue weighted by Crippen LogP contribution is 2.33. The number of aromatic nitrogens is 1. The minimum absolute atomic E-state index is 0.114. The van der Waals surface area contributed by atoms with Gasteiger partial charge in [-0.3, -0.25) is 10.1 Å². The summed E-state index contributed by atoms with van der Waals surface area (Å²) in [6.07, 6.45) is 1.50. The SMILES string of the molecule is COC(=O)C(C)(Cc1c[nH]c2cc(Cl)c(OC)cc12)[N+](=O)[O-]. The lowest BCUT2D eigenvalue weighted by Gasteiger charge is -2.17. The van der Waals surface area contributed by atoms with E-state index in [1.165, 1.54) is 14.0 Å². The quantitative estimate of drug-likeness (QED) is 0.517. The molecular weight excluding hydrogens is 312 g/mol. The van der Waals surface area contributed by atoms with Crippen LogP contribution in [0.25, 0.3) is 10.9 Å². The molecule has 0 bridgehead atoms. The largest absolute Gasteiger partial charge is 0.495 e. The lowest BCUT2D eigenvalue weighted by atomic mass is 9.93. The zero-order chi connectivity index (χ0) is 16.5. The zero-order valence-electron chi connectivity index (χ0n) is 12.3. The molecule has 8 heteroatoms. The fraction of sp³-hybridized carbons (Fsp3) is 0.357. The van der Waals surface area contributed by atoms with E-state index < -0.39 is 16.4 Å². The highest BCUT2D eigenvalue weighted by molar-refractivity contribution is 6.32. The number of benzene rings is 1. The minimum atomic E-state index is -1.86. The molecule has 0 amide bonds. The van der Waals surface area contributed by atoms with Crippen LogP contribution in [0, 0.1) is 10.1 Å². The topological polar surface area (TPSA) is 94.5 Å². The van der Waals surface area contributed by atoms with Crippen molar-refractivity contribution >= 4 is 28.5 Å². The number of aromatic amines is 1. The van der Waals surface area contributed by atoms with Gasteiger partial charge in [0.1, 0.15) is 5.75 Å². The molecule has 0 aliphatic carbocycles. The average molecular weight is 327 g/mol. The molecule has 0 saturated heterocycles. The van der Waals surface area contributed by atoms with Gasteiger partial charge >= 0.3 is 11.5 Å². The third-order valence-corrected chi connectivity index (χ3v) is 3.90. The molecule has 0 spiro atoms. The van der Waals surface area contributed by atoms with Crippen LogP contribution < -0.4 is 4.74 Å². The number of nitro groups is 1. The van der Waals surface area contributed by atoms with Crippen molar-refractivity contribution in [2.45, 2.75) is 18.9 Å². The Hall–Kier alpha value is -2.28. The standard InChI is InChI=1S/C14H15ClN2O5/c1-14(17(19)20,13(18)22-3)6-8-7-16-11-5-10(15)12(21-2)4-9(8)11/h4-5,7,16H,6H2,1-3H3. The van der Waals surface area contributed by atoms with Gasteiger partial charge in [0.15, 0.2) is 0 Å². The lowest BCUT2D eigenvalue weighted by Crippen LogP contribution is -2.46. The highest BCUT2D eigenvalue weighted by atomic mass is 35.5. The number of ether oxygens (including phenoxy) is 2. The van der Waals surface area contributed by atoms with E-state index in [1.54, 1.807) is 18.3 Å². The monoisotopic (exact) mass is 326 g/mol. The molecule has 2 aromatic rings. The van der Waals surface area contributed by atoms with Crippen molar-refractivity contribution < 1.29 is 19.2 Å². The molecule has 1 unspecified atom stereocenters. The van der Waals surface area contributed by atoms with Crippen molar-refractivity contribution in [3.8, 4) is 5.75 Å². The Morgan fingerprint density at radius 2 is 2.14 bits per heavy atom. The van der Waals surface area contributed by atoms with Gasteiger partial charge in [-0.2, -0.15) is 0 Å². The predicted octanol–water partition coefficient (Wildman–Crippen LogP) is 2.58. The van der Waals surface area contributed by atoms with Crippen molar-refractivity contribution in [3.63, 3.8) is 0 Å². The summed E-state index contributed by atoms with van der Waals surface area (Å²) in [5, 5.41) is 12.4. The zero-order valence-corrected chi connectivity index (χ0v) is 13.1. The van der Waals surface area contributed by atoms with Crippen LogP contribution >= 0.6 is 11.6 Å². The molecule has 1 aromatic carbocycles. The van der Waals surface area contributed by atoms with Gasteiger partial charge in [0.25, 0.3) is 0 Å². The summed E-state index contributed by atoms with van der Waals surface area (Å²) >= 11 is 6.04. The van der Waals surface area contributed by atoms with Crippen molar-refractivity contribution in [2.75, 3.05) is 14.2 Å². The van der Waals surface area contributed by atoms with E-state index in [-0.39, 0.29) is 6.42 Å². The molecule has 22 heavy (non-hydrogen) atoms. The summed E-state index contributed by atoms with van der Waals surface area (Å²) in [4.78, 5) is 25.5. The third-order valence-electron chi connectivity index (χ3n) is 3.60. The van der Waals surface area contributed by atoms with Crippen LogP contribution in [-0.4, -0.2) is 35.6 Å². The molecule has 2 rings (SSSR count). The molecule has 1 aromatic heterocycles. The van der Waals surface area contributed by atoms with Crippen molar-refractivity contribution in [1.29, 1.82) is 0 Å². The summed E-state index contributed by atoms with van der Waals surface area (Å²) < 4.78 is 9.72. The minimum Gasteiger partial charge on any atom is -0.495 e. The number of fused-ring (bicyclic) bond motifs is 1. The molecule has 1 N–H and O–H groups in total. The Labute approximate surface area is 131 Å². The number of halogens is 1. The van der Waals surface area contributed by atoms with Crippen LogP contribution in [0.15, 0.2) is 18.3 Å². The second-order valence-electron chi connectivity index (χ2n) is 5.05. The fourth-order valence-corrected chi connectivity index (χ4v) is 2.53. The number of hydrogen-bond acceptors (Lipinski definition) is 5. The normalized spacial score (nSPS) is 13.6. The number of carbonyl (C=O) groups is 1. The summed E-state index contributed by atoms with van der Waals surface area (Å²) in [5.74, 6) is -0.441. The number of nitrogens with zero attached hydrogens (tertiary/aromatic N) is 1. The fourth-order valence-electron chi connectivity index (χ4n) is 2.29. The number of esters is 1. The summed E-state index contributed by atoms with van der Waals surface area (Å²) in [7, 11) is 2.61. The maximum Gasteiger partial charge on any atom is 0.384 e. The van der Waals surface area contributed by atoms with Gasteiger partial charge in [0, 0.05) is 28.9 Å². The Kier molecular flexibility index (Phi) is 4.27. The van der Waals surface area contributed by atoms with Gasteiger partial charge in [-0.25, -0.2) is 4.79 Å². The predicted molar refractivity (Wildman–Crippen MR) is 81.0 cm³/mol. The van der Waals surface area contributed by atoms with Gasteiger partial charge in [-0.1, -0.05) is 11.6 Å². The summed E-state index contributed by atoms with van der Waals surface area (Å²) in [6, 6.07) is 3.35. The number of hydrogen-bond donors (Lipinski definition) is 1. The smallest absolute Gasteiger partial charge is 0.384 e. The van der Waals surface area contributed by atoms with Gasteiger partial charge in [-0.05, 0) is 17.7 Å². The second-order valence-corrected chi connectivity index (χ2v) is 5.45. The van der Waals surface area contributed by atoms with Gasteiger partial charge in [0.05, 0.1) is 25.7 Å². The first kappa shape index (κ1) is 16.1. The number of rotatable bonds is 5. The summed E-state index contributed by atoms with van der Waals surface area (Å²) in [5.41, 5.74) is -0.553. The molecule has 0 radical (unpaired) electrons. The first-order valence-electron chi connectivity index (χ1n) is 6.40. The number of H-pyrrole nitrogens is 1. The van der Waals surface area contributed by atoms with Crippen LogP contribution in [0.1, 0.15) is 12.5 Å². The van der Waals surface area contributed by atoms with Crippen LogP contribution in [-0.2, 0) is 16.0 Å². The number of nitrogens with one attached hydrogen (secondary N) is 1. The van der Waals surface area contributed by atoms with Crippen molar-refractivity contribution in [3.05, 3.63) is 39.0 Å².